The van der Waals surface area contributed by atoms with Gasteiger partial charge in [0.1, 0.15) is 12.4 Å². The largest absolute Gasteiger partial charge is 0.485 e. The van der Waals surface area contributed by atoms with Crippen LogP contribution in [0.5, 0.6) is 5.75 Å². The van der Waals surface area contributed by atoms with E-state index in [0.717, 1.165) is 16.9 Å². The van der Waals surface area contributed by atoms with Crippen molar-refractivity contribution >= 4 is 17.4 Å². The molecular formula is C22H23N7O4S. The van der Waals surface area contributed by atoms with Crippen molar-refractivity contribution in [1.29, 1.82) is 0 Å². The number of nitrogens with zero attached hydrogens (tertiary/aromatic N) is 6. The molecule has 0 radical (unpaired) electrons. The van der Waals surface area contributed by atoms with E-state index in [9.17, 15) is 10.1 Å². The highest BCUT2D eigenvalue weighted by molar-refractivity contribution is 7.98. The first kappa shape index (κ1) is 23.2. The fourth-order valence-electron chi connectivity index (χ4n) is 3.17. The SMILES string of the molecule is Cc1ccc(C(C)C)c(OCc2nnc(SCc3nnc(-c4ccc([N+](=O)[O-])cc4)o3)n2N)c1. The highest BCUT2D eigenvalue weighted by atomic mass is 32.2. The van der Waals surface area contributed by atoms with Gasteiger partial charge in [0, 0.05) is 17.7 Å². The molecule has 0 spiro atoms. The van der Waals surface area contributed by atoms with Gasteiger partial charge < -0.3 is 15.0 Å². The number of aromatic nitrogens is 5. The van der Waals surface area contributed by atoms with Crippen LogP contribution in [0.15, 0.2) is 52.0 Å². The topological polar surface area (TPSA) is 148 Å². The first-order valence-corrected chi connectivity index (χ1v) is 11.4. The average molecular weight is 482 g/mol. The summed E-state index contributed by atoms with van der Waals surface area (Å²) in [6.45, 7) is 6.42. The highest BCUT2D eigenvalue weighted by Crippen LogP contribution is 2.29. The molecule has 0 aliphatic heterocycles. The molecule has 12 heteroatoms. The van der Waals surface area contributed by atoms with Gasteiger partial charge in [0.05, 0.1) is 10.7 Å². The molecule has 2 heterocycles. The van der Waals surface area contributed by atoms with Crippen LogP contribution in [-0.2, 0) is 12.4 Å². The monoisotopic (exact) mass is 481 g/mol. The second-order valence-corrected chi connectivity index (χ2v) is 8.79. The Morgan fingerprint density at radius 3 is 2.62 bits per heavy atom. The summed E-state index contributed by atoms with van der Waals surface area (Å²) in [5.74, 6) is 8.73. The maximum atomic E-state index is 10.8. The van der Waals surface area contributed by atoms with E-state index in [2.05, 4.69) is 46.4 Å². The summed E-state index contributed by atoms with van der Waals surface area (Å²) in [4.78, 5) is 10.3. The number of thioether (sulfide) groups is 1. The average Bonchev–Trinajstić information content (AvgIpc) is 3.43. The van der Waals surface area contributed by atoms with Gasteiger partial charge in [0.15, 0.2) is 5.82 Å². The minimum Gasteiger partial charge on any atom is -0.485 e. The summed E-state index contributed by atoms with van der Waals surface area (Å²) >= 11 is 1.29. The lowest BCUT2D eigenvalue weighted by Crippen LogP contribution is -2.16. The molecule has 0 aliphatic rings. The zero-order valence-electron chi connectivity index (χ0n) is 18.8. The van der Waals surface area contributed by atoms with Crippen molar-refractivity contribution in [3.63, 3.8) is 0 Å². The van der Waals surface area contributed by atoms with Crippen LogP contribution in [-0.4, -0.2) is 30.0 Å². The predicted molar refractivity (Wildman–Crippen MR) is 126 cm³/mol. The Morgan fingerprint density at radius 1 is 1.15 bits per heavy atom. The number of aryl methyl sites for hydroxylation is 1. The molecule has 0 fully saturated rings. The van der Waals surface area contributed by atoms with Crippen LogP contribution in [0.3, 0.4) is 0 Å². The first-order valence-electron chi connectivity index (χ1n) is 10.4. The molecule has 4 rings (SSSR count). The molecule has 0 aliphatic carbocycles. The van der Waals surface area contributed by atoms with E-state index in [1.54, 1.807) is 12.1 Å². The van der Waals surface area contributed by atoms with E-state index >= 15 is 0 Å². The van der Waals surface area contributed by atoms with E-state index in [1.807, 2.05) is 13.0 Å². The molecule has 4 aromatic rings. The molecule has 0 bridgehead atoms. The van der Waals surface area contributed by atoms with Gasteiger partial charge in [-0.3, -0.25) is 10.1 Å². The summed E-state index contributed by atoms with van der Waals surface area (Å²) < 4.78 is 13.0. The van der Waals surface area contributed by atoms with Gasteiger partial charge in [-0.1, -0.05) is 37.7 Å². The third kappa shape index (κ3) is 5.17. The van der Waals surface area contributed by atoms with Gasteiger partial charge in [-0.2, -0.15) is 0 Å². The third-order valence-corrected chi connectivity index (χ3v) is 5.93. The molecule has 2 aromatic heterocycles. The number of nitrogens with two attached hydrogens (primary N) is 1. The second-order valence-electron chi connectivity index (χ2n) is 7.85. The number of rotatable bonds is 9. The van der Waals surface area contributed by atoms with Crippen LogP contribution < -0.4 is 10.6 Å². The van der Waals surface area contributed by atoms with E-state index in [-0.39, 0.29) is 18.2 Å². The summed E-state index contributed by atoms with van der Waals surface area (Å²) in [5, 5.41) is 27.5. The van der Waals surface area contributed by atoms with Crippen molar-refractivity contribution in [2.24, 2.45) is 0 Å². The summed E-state index contributed by atoms with van der Waals surface area (Å²) in [5.41, 5.74) is 2.80. The number of non-ortho nitro benzene ring substituents is 1. The Balaban J connectivity index is 1.38. The maximum absolute atomic E-state index is 10.8. The lowest BCUT2D eigenvalue weighted by molar-refractivity contribution is -0.384. The highest BCUT2D eigenvalue weighted by Gasteiger charge is 2.16. The zero-order chi connectivity index (χ0) is 24.2. The number of nitro groups is 1. The van der Waals surface area contributed by atoms with Crippen molar-refractivity contribution in [3.8, 4) is 17.2 Å². The van der Waals surface area contributed by atoms with E-state index in [0.29, 0.717) is 34.1 Å². The standard InChI is InChI=1S/C22H23N7O4S/c1-13(2)17-9-4-14(3)10-18(17)32-11-19-24-27-22(28(19)23)34-12-20-25-26-21(33-20)15-5-7-16(8-6-15)29(30)31/h4-10,13H,11-12,23H2,1-3H3. The summed E-state index contributed by atoms with van der Waals surface area (Å²) in [6, 6.07) is 12.0. The van der Waals surface area contributed by atoms with Crippen molar-refractivity contribution in [3.05, 3.63) is 75.4 Å². The van der Waals surface area contributed by atoms with Crippen molar-refractivity contribution < 1.29 is 14.1 Å². The second kappa shape index (κ2) is 9.91. The van der Waals surface area contributed by atoms with Gasteiger partial charge in [-0.25, -0.2) is 4.68 Å². The molecule has 0 unspecified atom stereocenters. The van der Waals surface area contributed by atoms with Crippen LogP contribution in [0.1, 0.15) is 42.6 Å². The molecule has 176 valence electrons. The van der Waals surface area contributed by atoms with Crippen LogP contribution in [0, 0.1) is 17.0 Å². The lowest BCUT2D eigenvalue weighted by atomic mass is 10.0. The van der Waals surface area contributed by atoms with E-state index in [4.69, 9.17) is 15.0 Å². The molecule has 2 N–H and O–H groups in total. The number of hydrogen-bond acceptors (Lipinski definition) is 10. The maximum Gasteiger partial charge on any atom is 0.269 e. The molecule has 34 heavy (non-hydrogen) atoms. The Labute approximate surface area is 199 Å². The fourth-order valence-corrected chi connectivity index (χ4v) is 3.88. The number of nitrogen functional groups attached to an aromatic ring is 1. The first-order chi connectivity index (χ1) is 16.3. The molecule has 2 aromatic carbocycles. The molecule has 0 amide bonds. The Hall–Kier alpha value is -3.93. The Kier molecular flexibility index (Phi) is 6.77. The zero-order valence-corrected chi connectivity index (χ0v) is 19.7. The van der Waals surface area contributed by atoms with Gasteiger partial charge in [0.2, 0.25) is 16.9 Å². The van der Waals surface area contributed by atoms with Crippen LogP contribution in [0.4, 0.5) is 5.69 Å². The number of nitro benzene ring substituents is 1. The van der Waals surface area contributed by atoms with Gasteiger partial charge in [-0.15, -0.1) is 20.4 Å². The van der Waals surface area contributed by atoms with Crippen LogP contribution >= 0.6 is 11.8 Å². The molecule has 0 saturated heterocycles. The van der Waals surface area contributed by atoms with Crippen LogP contribution in [0.25, 0.3) is 11.5 Å². The smallest absolute Gasteiger partial charge is 0.269 e. The van der Waals surface area contributed by atoms with Crippen molar-refractivity contribution in [2.45, 2.75) is 44.2 Å². The molecule has 0 atom stereocenters. The normalized spacial score (nSPS) is 11.2. The fraction of sp³-hybridized carbons (Fsp3) is 0.273. The number of benzene rings is 2. The quantitative estimate of drug-likeness (QED) is 0.159. The minimum absolute atomic E-state index is 0.0102. The molecule has 11 nitrogen and oxygen atoms in total. The Morgan fingerprint density at radius 2 is 1.91 bits per heavy atom. The van der Waals surface area contributed by atoms with Crippen molar-refractivity contribution in [1.82, 2.24) is 25.1 Å². The van der Waals surface area contributed by atoms with Gasteiger partial charge in [0.25, 0.3) is 5.69 Å². The number of hydrogen-bond donors (Lipinski definition) is 1. The third-order valence-electron chi connectivity index (χ3n) is 5.00. The van der Waals surface area contributed by atoms with Crippen molar-refractivity contribution in [2.75, 3.05) is 5.84 Å². The lowest BCUT2D eigenvalue weighted by Gasteiger charge is -2.14. The summed E-state index contributed by atoms with van der Waals surface area (Å²) in [6.07, 6.45) is 0. The van der Waals surface area contributed by atoms with Crippen LogP contribution in [0.2, 0.25) is 0 Å². The summed E-state index contributed by atoms with van der Waals surface area (Å²) in [7, 11) is 0. The van der Waals surface area contributed by atoms with Gasteiger partial charge >= 0.3 is 0 Å². The minimum atomic E-state index is -0.466. The molecular weight excluding hydrogens is 458 g/mol. The number of ether oxygens (including phenoxy) is 1. The molecule has 0 saturated carbocycles. The van der Waals surface area contributed by atoms with Gasteiger partial charge in [-0.05, 0) is 42.2 Å². The van der Waals surface area contributed by atoms with E-state index in [1.165, 1.54) is 28.6 Å². The Bertz CT molecular complexity index is 1300. The predicted octanol–water partition coefficient (Wildman–Crippen LogP) is 4.25. The van der Waals surface area contributed by atoms with E-state index < -0.39 is 4.92 Å².